The van der Waals surface area contributed by atoms with E-state index >= 15 is 0 Å². The topological polar surface area (TPSA) is 103 Å². The van der Waals surface area contributed by atoms with Gasteiger partial charge in [-0.05, 0) is 12.1 Å². The summed E-state index contributed by atoms with van der Waals surface area (Å²) in [7, 11) is 0. The summed E-state index contributed by atoms with van der Waals surface area (Å²) in [4.78, 5) is 20.2. The summed E-state index contributed by atoms with van der Waals surface area (Å²) in [5.74, 6) is -1.55. The minimum Gasteiger partial charge on any atom is -0.650 e. The first kappa shape index (κ1) is 16.5. The van der Waals surface area contributed by atoms with Crippen LogP contribution in [-0.2, 0) is 29.1 Å². The molecule has 0 aromatic carbocycles. The predicted molar refractivity (Wildman–Crippen MR) is 57.8 cm³/mol. The van der Waals surface area contributed by atoms with Crippen molar-refractivity contribution in [2.45, 2.75) is 37.8 Å². The van der Waals surface area contributed by atoms with Gasteiger partial charge in [-0.25, -0.2) is 0 Å². The summed E-state index contributed by atoms with van der Waals surface area (Å²) >= 11 is 0. The minimum atomic E-state index is -0.775. The third kappa shape index (κ3) is 6.10. The molecule has 2 fully saturated rings. The van der Waals surface area contributed by atoms with Crippen LogP contribution in [0.4, 0.5) is 0 Å². The Balaban J connectivity index is 0.000000284. The van der Waals surface area contributed by atoms with Crippen LogP contribution < -0.4 is 0 Å². The number of carboxylic acids is 2. The molecule has 2 rings (SSSR count). The zero-order chi connectivity index (χ0) is 12.0. The third-order valence-corrected chi connectivity index (χ3v) is 2.54. The first-order valence-electron chi connectivity index (χ1n) is 5.40. The fourth-order valence-electron chi connectivity index (χ4n) is 1.65. The average Bonchev–Trinajstić information content (AvgIpc) is 2.93. The van der Waals surface area contributed by atoms with E-state index in [1.54, 1.807) is 0 Å². The minimum absolute atomic E-state index is 0. The Morgan fingerprint density at radius 3 is 1.35 bits per heavy atom. The van der Waals surface area contributed by atoms with Crippen molar-refractivity contribution < 1.29 is 39.3 Å². The molecule has 0 aliphatic carbocycles. The van der Waals surface area contributed by atoms with Crippen molar-refractivity contribution in [3.8, 4) is 0 Å². The maximum atomic E-state index is 10.1. The van der Waals surface area contributed by atoms with Crippen molar-refractivity contribution in [1.82, 2.24) is 0 Å². The van der Waals surface area contributed by atoms with Crippen molar-refractivity contribution in [3.63, 3.8) is 0 Å². The average molecular weight is 294 g/mol. The Labute approximate surface area is 113 Å². The molecule has 2 atom stereocenters. The standard InChI is InChI=1S/2C5H8NO2.Zn/c2*7-5(8)4-2-1-3-6-4;/h2*4H,1-3H2,(H,7,8);/q2*-1;+2/t2*4-;/m00./s1. The van der Waals surface area contributed by atoms with Crippen LogP contribution in [0.2, 0.25) is 0 Å². The molecule has 0 saturated carbocycles. The van der Waals surface area contributed by atoms with Crippen LogP contribution in [0, 0.1) is 0 Å². The van der Waals surface area contributed by atoms with E-state index in [1.165, 1.54) is 0 Å². The number of aliphatic carboxylic acids is 2. The van der Waals surface area contributed by atoms with Crippen LogP contribution >= 0.6 is 0 Å². The fourth-order valence-corrected chi connectivity index (χ4v) is 1.65. The van der Waals surface area contributed by atoms with Gasteiger partial charge in [-0.1, -0.05) is 25.7 Å². The van der Waals surface area contributed by atoms with Crippen molar-refractivity contribution in [1.29, 1.82) is 0 Å². The number of carboxylic acid groups (broad SMARTS) is 2. The van der Waals surface area contributed by atoms with Gasteiger partial charge in [-0.15, -0.1) is 13.1 Å². The largest absolute Gasteiger partial charge is 2.00 e. The number of nitrogens with zero attached hydrogens (tertiary/aromatic N) is 2. The molecule has 2 N–H and O–H groups in total. The third-order valence-electron chi connectivity index (χ3n) is 2.54. The zero-order valence-electron chi connectivity index (χ0n) is 9.71. The van der Waals surface area contributed by atoms with Gasteiger partial charge in [0.25, 0.3) is 11.9 Å². The molecular weight excluding hydrogens is 278 g/mol. The first-order valence-corrected chi connectivity index (χ1v) is 5.40. The van der Waals surface area contributed by atoms with Crippen LogP contribution in [0.15, 0.2) is 0 Å². The second-order valence-electron chi connectivity index (χ2n) is 3.80. The van der Waals surface area contributed by atoms with E-state index in [4.69, 9.17) is 10.2 Å². The summed E-state index contributed by atoms with van der Waals surface area (Å²) < 4.78 is 0. The van der Waals surface area contributed by atoms with Crippen LogP contribution in [0.25, 0.3) is 10.6 Å². The summed E-state index contributed by atoms with van der Waals surface area (Å²) in [6, 6.07) is -0.787. The molecule has 0 unspecified atom stereocenters. The van der Waals surface area contributed by atoms with E-state index in [0.29, 0.717) is 0 Å². The summed E-state index contributed by atoms with van der Waals surface area (Å²) in [5, 5.41) is 24.3. The van der Waals surface area contributed by atoms with Crippen LogP contribution in [0.5, 0.6) is 0 Å². The number of hydrogen-bond acceptors (Lipinski definition) is 2. The normalized spacial score (nSPS) is 26.6. The molecule has 0 spiro atoms. The second kappa shape index (κ2) is 8.56. The monoisotopic (exact) mass is 292 g/mol. The molecule has 0 aromatic heterocycles. The molecule has 6 nitrogen and oxygen atoms in total. The molecule has 7 heteroatoms. The molecule has 0 radical (unpaired) electrons. The smallest absolute Gasteiger partial charge is 0.650 e. The van der Waals surface area contributed by atoms with Gasteiger partial charge in [-0.2, -0.15) is 0 Å². The van der Waals surface area contributed by atoms with E-state index in [0.717, 1.165) is 38.8 Å². The fraction of sp³-hybridized carbons (Fsp3) is 0.800. The van der Waals surface area contributed by atoms with Gasteiger partial charge in [0.1, 0.15) is 0 Å². The van der Waals surface area contributed by atoms with Crippen molar-refractivity contribution in [2.75, 3.05) is 13.1 Å². The van der Waals surface area contributed by atoms with Crippen molar-refractivity contribution in [3.05, 3.63) is 10.6 Å². The summed E-state index contributed by atoms with van der Waals surface area (Å²) in [5.41, 5.74) is 0. The van der Waals surface area contributed by atoms with E-state index in [1.807, 2.05) is 0 Å². The molecule has 2 heterocycles. The van der Waals surface area contributed by atoms with Crippen LogP contribution in [0.3, 0.4) is 0 Å². The van der Waals surface area contributed by atoms with E-state index in [-0.39, 0.29) is 19.5 Å². The Bertz CT molecular complexity index is 225. The quantitative estimate of drug-likeness (QED) is 0.747. The summed E-state index contributed by atoms with van der Waals surface area (Å²) in [6.07, 6.45) is 3.35. The zero-order valence-corrected chi connectivity index (χ0v) is 12.7. The molecule has 17 heavy (non-hydrogen) atoms. The van der Waals surface area contributed by atoms with Gasteiger partial charge < -0.3 is 20.8 Å². The Kier molecular flexibility index (Phi) is 8.30. The molecular formula is C10H16N2O4Zn. The van der Waals surface area contributed by atoms with E-state index < -0.39 is 24.0 Å². The second-order valence-corrected chi connectivity index (χ2v) is 3.80. The number of hydrogen-bond donors (Lipinski definition) is 2. The Morgan fingerprint density at radius 1 is 0.882 bits per heavy atom. The molecule has 0 bridgehead atoms. The maximum Gasteiger partial charge on any atom is 2.00 e. The molecule has 0 amide bonds. The van der Waals surface area contributed by atoms with E-state index in [2.05, 4.69) is 10.6 Å². The first-order chi connectivity index (χ1) is 7.61. The molecule has 0 aromatic rings. The van der Waals surface area contributed by atoms with Crippen molar-refractivity contribution >= 4 is 11.9 Å². The van der Waals surface area contributed by atoms with Gasteiger partial charge in [-0.3, -0.25) is 9.59 Å². The maximum absolute atomic E-state index is 10.1. The predicted octanol–water partition coefficient (Wildman–Crippen LogP) is 1.21. The Hall–Kier alpha value is -0.517. The SMILES string of the molecule is O=C(O)[C@@H]1CCC[N-]1.O=C(O)[C@@H]1CCC[N-]1.[Zn+2]. The van der Waals surface area contributed by atoms with Gasteiger partial charge in [0, 0.05) is 0 Å². The molecule has 92 valence electrons. The Morgan fingerprint density at radius 2 is 1.24 bits per heavy atom. The van der Waals surface area contributed by atoms with Gasteiger partial charge >= 0.3 is 19.5 Å². The molecule has 2 saturated heterocycles. The van der Waals surface area contributed by atoms with Crippen LogP contribution in [0.1, 0.15) is 25.7 Å². The summed E-state index contributed by atoms with van der Waals surface area (Å²) in [6.45, 7) is 1.47. The number of rotatable bonds is 2. The van der Waals surface area contributed by atoms with Gasteiger partial charge in [0.2, 0.25) is 0 Å². The van der Waals surface area contributed by atoms with Crippen molar-refractivity contribution in [2.24, 2.45) is 0 Å². The van der Waals surface area contributed by atoms with Crippen LogP contribution in [-0.4, -0.2) is 47.3 Å². The van der Waals surface area contributed by atoms with Gasteiger partial charge in [0.15, 0.2) is 0 Å². The number of carbonyl (C=O) groups is 2. The van der Waals surface area contributed by atoms with E-state index in [9.17, 15) is 9.59 Å². The molecule has 2 aliphatic heterocycles. The molecule has 2 aliphatic rings. The van der Waals surface area contributed by atoms with Gasteiger partial charge in [0.05, 0.1) is 0 Å².